The summed E-state index contributed by atoms with van der Waals surface area (Å²) < 4.78 is 24.5. The Morgan fingerprint density at radius 3 is 2.30 bits per heavy atom. The maximum absolute atomic E-state index is 12.3. The van der Waals surface area contributed by atoms with Crippen LogP contribution in [0.5, 0.6) is 0 Å². The maximum Gasteiger partial charge on any atom is 0.407 e. The van der Waals surface area contributed by atoms with E-state index >= 15 is 0 Å². The molecule has 0 radical (unpaired) electrons. The standard InChI is InChI=1S/C14H18N2O6S/c17-13(18)15-7-8-16(14(19)20)11(10-15)6-9-23(21,22)12-4-2-1-3-5-12/h1-5,11H,6-10H2,(H,17,18)(H,19,20)/t11-/m1/s1. The number of hydrogen-bond donors (Lipinski definition) is 2. The molecule has 0 saturated carbocycles. The number of carbonyl (C=O) groups is 2. The van der Waals surface area contributed by atoms with Gasteiger partial charge in [-0.2, -0.15) is 0 Å². The second-order valence-corrected chi connectivity index (χ2v) is 7.39. The van der Waals surface area contributed by atoms with Crippen LogP contribution in [0.1, 0.15) is 6.42 Å². The number of piperazine rings is 1. The Hall–Kier alpha value is -2.29. The van der Waals surface area contributed by atoms with E-state index < -0.39 is 28.1 Å². The van der Waals surface area contributed by atoms with Gasteiger partial charge in [-0.15, -0.1) is 0 Å². The average molecular weight is 342 g/mol. The zero-order valence-corrected chi connectivity index (χ0v) is 13.1. The lowest BCUT2D eigenvalue weighted by molar-refractivity contribution is 0.0628. The van der Waals surface area contributed by atoms with Gasteiger partial charge in [-0.25, -0.2) is 18.0 Å². The third-order valence-corrected chi connectivity index (χ3v) is 5.58. The number of carboxylic acid groups (broad SMARTS) is 2. The molecule has 1 aromatic rings. The van der Waals surface area contributed by atoms with Crippen LogP contribution in [0.2, 0.25) is 0 Å². The number of sulfone groups is 1. The first kappa shape index (κ1) is 17.1. The molecule has 0 aromatic heterocycles. The van der Waals surface area contributed by atoms with Crippen molar-refractivity contribution in [1.29, 1.82) is 0 Å². The summed E-state index contributed by atoms with van der Waals surface area (Å²) in [5.41, 5.74) is 0. The molecule has 0 bridgehead atoms. The minimum Gasteiger partial charge on any atom is -0.465 e. The fourth-order valence-corrected chi connectivity index (χ4v) is 3.95. The van der Waals surface area contributed by atoms with Gasteiger partial charge < -0.3 is 20.0 Å². The predicted molar refractivity (Wildman–Crippen MR) is 81.2 cm³/mol. The molecule has 0 unspecified atom stereocenters. The third-order valence-electron chi connectivity index (χ3n) is 3.82. The van der Waals surface area contributed by atoms with Crippen LogP contribution in [-0.4, -0.2) is 72.0 Å². The normalized spacial score (nSPS) is 18.7. The fraction of sp³-hybridized carbons (Fsp3) is 0.429. The molecule has 23 heavy (non-hydrogen) atoms. The lowest BCUT2D eigenvalue weighted by Crippen LogP contribution is -2.56. The van der Waals surface area contributed by atoms with E-state index in [1.54, 1.807) is 18.2 Å². The molecular formula is C14H18N2O6S. The number of hydrogen-bond acceptors (Lipinski definition) is 4. The van der Waals surface area contributed by atoms with Crippen molar-refractivity contribution in [2.75, 3.05) is 25.4 Å². The molecular weight excluding hydrogens is 324 g/mol. The van der Waals surface area contributed by atoms with Crippen molar-refractivity contribution >= 4 is 22.0 Å². The van der Waals surface area contributed by atoms with Crippen molar-refractivity contribution in [1.82, 2.24) is 9.80 Å². The smallest absolute Gasteiger partial charge is 0.407 e. The summed E-state index contributed by atoms with van der Waals surface area (Å²) in [4.78, 5) is 24.7. The Kier molecular flexibility index (Phi) is 5.09. The van der Waals surface area contributed by atoms with Gasteiger partial charge in [0.1, 0.15) is 0 Å². The maximum atomic E-state index is 12.3. The molecule has 1 aliphatic rings. The summed E-state index contributed by atoms with van der Waals surface area (Å²) in [6.45, 7) is 0.104. The van der Waals surface area contributed by atoms with Crippen LogP contribution in [0.4, 0.5) is 9.59 Å². The van der Waals surface area contributed by atoms with Crippen LogP contribution >= 0.6 is 0 Å². The number of rotatable bonds is 4. The van der Waals surface area contributed by atoms with Crippen LogP contribution in [0.15, 0.2) is 35.2 Å². The highest BCUT2D eigenvalue weighted by Gasteiger charge is 2.33. The van der Waals surface area contributed by atoms with Gasteiger partial charge >= 0.3 is 12.2 Å². The van der Waals surface area contributed by atoms with Crippen molar-refractivity contribution in [2.45, 2.75) is 17.4 Å². The van der Waals surface area contributed by atoms with E-state index in [1.807, 2.05) is 0 Å². The second-order valence-electron chi connectivity index (χ2n) is 5.28. The second kappa shape index (κ2) is 6.86. The summed E-state index contributed by atoms with van der Waals surface area (Å²) in [5.74, 6) is -0.237. The van der Waals surface area contributed by atoms with Gasteiger partial charge in [-0.05, 0) is 18.6 Å². The largest absolute Gasteiger partial charge is 0.465 e. The highest BCUT2D eigenvalue weighted by atomic mass is 32.2. The third kappa shape index (κ3) is 4.13. The van der Waals surface area contributed by atoms with E-state index in [1.165, 1.54) is 12.1 Å². The van der Waals surface area contributed by atoms with Crippen molar-refractivity contribution in [3.8, 4) is 0 Å². The Morgan fingerprint density at radius 2 is 1.74 bits per heavy atom. The van der Waals surface area contributed by atoms with E-state index in [0.29, 0.717) is 0 Å². The number of nitrogens with zero attached hydrogens (tertiary/aromatic N) is 2. The first-order valence-corrected chi connectivity index (χ1v) is 8.72. The van der Waals surface area contributed by atoms with Crippen LogP contribution in [0.3, 0.4) is 0 Å². The molecule has 1 heterocycles. The topological polar surface area (TPSA) is 115 Å². The van der Waals surface area contributed by atoms with Crippen molar-refractivity contribution in [2.24, 2.45) is 0 Å². The van der Waals surface area contributed by atoms with E-state index in [4.69, 9.17) is 5.11 Å². The van der Waals surface area contributed by atoms with Crippen LogP contribution in [-0.2, 0) is 9.84 Å². The summed E-state index contributed by atoms with van der Waals surface area (Å²) in [6, 6.07) is 7.23. The molecule has 126 valence electrons. The van der Waals surface area contributed by atoms with Crippen LogP contribution in [0, 0.1) is 0 Å². The Morgan fingerprint density at radius 1 is 1.09 bits per heavy atom. The zero-order chi connectivity index (χ0) is 17.0. The summed E-state index contributed by atoms with van der Waals surface area (Å²) in [5, 5.41) is 18.2. The predicted octanol–water partition coefficient (Wildman–Crippen LogP) is 1.19. The lowest BCUT2D eigenvalue weighted by Gasteiger charge is -2.38. The van der Waals surface area contributed by atoms with Crippen LogP contribution in [0.25, 0.3) is 0 Å². The Bertz CT molecular complexity index is 676. The molecule has 2 rings (SSSR count). The average Bonchev–Trinajstić information content (AvgIpc) is 2.53. The quantitative estimate of drug-likeness (QED) is 0.849. The van der Waals surface area contributed by atoms with Crippen molar-refractivity contribution < 1.29 is 28.2 Å². The highest BCUT2D eigenvalue weighted by molar-refractivity contribution is 7.91. The first-order chi connectivity index (χ1) is 10.8. The van der Waals surface area contributed by atoms with Gasteiger partial charge in [0.15, 0.2) is 9.84 Å². The summed E-state index contributed by atoms with van der Waals surface area (Å²) in [7, 11) is -3.53. The van der Waals surface area contributed by atoms with E-state index in [9.17, 15) is 23.1 Å². The van der Waals surface area contributed by atoms with Gasteiger partial charge in [0.2, 0.25) is 0 Å². The lowest BCUT2D eigenvalue weighted by atomic mass is 10.1. The Balaban J connectivity index is 2.09. The molecule has 0 aliphatic carbocycles. The molecule has 1 saturated heterocycles. The van der Waals surface area contributed by atoms with Crippen LogP contribution < -0.4 is 0 Å². The SMILES string of the molecule is O=C(O)N1CCN(C(=O)O)[C@H](CCS(=O)(=O)c2ccccc2)C1. The number of amides is 2. The molecule has 2 N–H and O–H groups in total. The minimum absolute atomic E-state index is 0.0219. The van der Waals surface area contributed by atoms with E-state index in [2.05, 4.69) is 0 Å². The zero-order valence-electron chi connectivity index (χ0n) is 12.3. The molecule has 8 nitrogen and oxygen atoms in total. The van der Waals surface area contributed by atoms with E-state index in [0.717, 1.165) is 9.80 Å². The first-order valence-electron chi connectivity index (χ1n) is 7.06. The van der Waals surface area contributed by atoms with Crippen molar-refractivity contribution in [3.63, 3.8) is 0 Å². The fourth-order valence-electron chi connectivity index (χ4n) is 2.56. The molecule has 1 aromatic carbocycles. The summed E-state index contributed by atoms with van der Waals surface area (Å²) >= 11 is 0. The van der Waals surface area contributed by atoms with Gasteiger partial charge in [-0.3, -0.25) is 0 Å². The van der Waals surface area contributed by atoms with Gasteiger partial charge in [0, 0.05) is 19.6 Å². The molecule has 1 atom stereocenters. The molecule has 0 spiro atoms. The van der Waals surface area contributed by atoms with Gasteiger partial charge in [0.05, 0.1) is 16.7 Å². The van der Waals surface area contributed by atoms with Crippen molar-refractivity contribution in [3.05, 3.63) is 30.3 Å². The molecule has 1 aliphatic heterocycles. The minimum atomic E-state index is -3.53. The molecule has 9 heteroatoms. The Labute approximate surface area is 133 Å². The van der Waals surface area contributed by atoms with E-state index in [-0.39, 0.29) is 36.7 Å². The summed E-state index contributed by atoms with van der Waals surface area (Å²) in [6.07, 6.45) is -2.25. The highest BCUT2D eigenvalue weighted by Crippen LogP contribution is 2.17. The monoisotopic (exact) mass is 342 g/mol. The molecule has 1 fully saturated rings. The number of benzene rings is 1. The van der Waals surface area contributed by atoms with Gasteiger partial charge in [-0.1, -0.05) is 18.2 Å². The molecule has 2 amide bonds. The van der Waals surface area contributed by atoms with Gasteiger partial charge in [0.25, 0.3) is 0 Å².